The molecule has 2 aromatic carbocycles. The van der Waals surface area contributed by atoms with Crippen LogP contribution in [0.4, 0.5) is 0 Å². The number of hydrogen-bond acceptors (Lipinski definition) is 3. The zero-order valence-corrected chi connectivity index (χ0v) is 10.1. The van der Waals surface area contributed by atoms with Gasteiger partial charge in [0.2, 0.25) is 0 Å². The van der Waals surface area contributed by atoms with E-state index in [0.717, 1.165) is 0 Å². The van der Waals surface area contributed by atoms with Gasteiger partial charge in [0, 0.05) is 18.5 Å². The Bertz CT molecular complexity index is 485. The first-order valence-corrected chi connectivity index (χ1v) is 5.96. The Labute approximate surface area is 107 Å². The van der Waals surface area contributed by atoms with Gasteiger partial charge < -0.3 is 15.6 Å². The topological polar surface area (TPSA) is 55.5 Å². The minimum absolute atomic E-state index is 0.161. The molecule has 94 valence electrons. The normalized spacial score (nSPS) is 12.1. The van der Waals surface area contributed by atoms with Gasteiger partial charge in [-0.1, -0.05) is 36.4 Å². The highest BCUT2D eigenvalue weighted by atomic mass is 16.5. The summed E-state index contributed by atoms with van der Waals surface area (Å²) in [7, 11) is 0. The van der Waals surface area contributed by atoms with Gasteiger partial charge >= 0.3 is 0 Å². The van der Waals surface area contributed by atoms with Crippen LogP contribution in [-0.4, -0.2) is 18.3 Å². The lowest BCUT2D eigenvalue weighted by Gasteiger charge is -2.16. The number of benzene rings is 2. The summed E-state index contributed by atoms with van der Waals surface area (Å²) in [6, 6.07) is 16.8. The van der Waals surface area contributed by atoms with Gasteiger partial charge in [-0.2, -0.15) is 0 Å². The smallest absolute Gasteiger partial charge is 0.123 e. The monoisotopic (exact) mass is 243 g/mol. The van der Waals surface area contributed by atoms with Gasteiger partial charge in [-0.25, -0.2) is 0 Å². The zero-order chi connectivity index (χ0) is 12.8. The number of phenolic OH excluding ortho intramolecular Hbond substituents is 1. The number of phenols is 1. The Balaban J connectivity index is 2.00. The molecule has 0 bridgehead atoms. The van der Waals surface area contributed by atoms with Gasteiger partial charge in [0.25, 0.3) is 0 Å². The minimum atomic E-state index is 0.161. The molecule has 2 rings (SSSR count). The number of hydrogen-bond donors (Lipinski definition) is 2. The lowest BCUT2D eigenvalue weighted by molar-refractivity contribution is 0.289. The van der Waals surface area contributed by atoms with Crippen molar-refractivity contribution in [3.8, 4) is 11.5 Å². The van der Waals surface area contributed by atoms with E-state index in [1.807, 2.05) is 36.4 Å². The quantitative estimate of drug-likeness (QED) is 0.848. The molecule has 0 fully saturated rings. The van der Waals surface area contributed by atoms with Crippen LogP contribution >= 0.6 is 0 Å². The van der Waals surface area contributed by atoms with Crippen molar-refractivity contribution in [3.63, 3.8) is 0 Å². The molecule has 0 amide bonds. The van der Waals surface area contributed by atoms with E-state index < -0.39 is 0 Å². The average Bonchev–Trinajstić information content (AvgIpc) is 2.41. The summed E-state index contributed by atoms with van der Waals surface area (Å²) in [5.74, 6) is 1.02. The second-order valence-electron chi connectivity index (χ2n) is 4.15. The molecule has 0 aromatic heterocycles. The molecule has 18 heavy (non-hydrogen) atoms. The van der Waals surface area contributed by atoms with E-state index in [4.69, 9.17) is 10.5 Å². The van der Waals surface area contributed by atoms with Gasteiger partial charge in [-0.15, -0.1) is 0 Å². The molecule has 0 aliphatic heterocycles. The molecule has 0 aliphatic rings. The Morgan fingerprint density at radius 3 is 2.50 bits per heavy atom. The van der Waals surface area contributed by atoms with Crippen LogP contribution in [0.3, 0.4) is 0 Å². The molecule has 0 aliphatic carbocycles. The van der Waals surface area contributed by atoms with Gasteiger partial charge in [-0.3, -0.25) is 0 Å². The predicted molar refractivity (Wildman–Crippen MR) is 71.8 cm³/mol. The summed E-state index contributed by atoms with van der Waals surface area (Å²) in [6.45, 7) is 1.03. The van der Waals surface area contributed by atoms with Crippen molar-refractivity contribution in [3.05, 3.63) is 60.2 Å². The lowest BCUT2D eigenvalue weighted by Crippen LogP contribution is -2.19. The number of nitrogens with two attached hydrogens (primary N) is 1. The molecule has 2 aromatic rings. The molecule has 3 nitrogen and oxygen atoms in total. The Hall–Kier alpha value is -2.00. The van der Waals surface area contributed by atoms with Crippen molar-refractivity contribution >= 4 is 0 Å². The molecule has 3 heteroatoms. The van der Waals surface area contributed by atoms with E-state index >= 15 is 0 Å². The fourth-order valence-electron chi connectivity index (χ4n) is 1.80. The molecule has 1 atom stereocenters. The van der Waals surface area contributed by atoms with E-state index in [0.29, 0.717) is 18.9 Å². The van der Waals surface area contributed by atoms with Crippen molar-refractivity contribution < 1.29 is 9.84 Å². The van der Waals surface area contributed by atoms with Crippen LogP contribution in [0.5, 0.6) is 11.5 Å². The van der Waals surface area contributed by atoms with Crippen LogP contribution in [-0.2, 0) is 0 Å². The third-order valence-corrected chi connectivity index (χ3v) is 2.82. The largest absolute Gasteiger partial charge is 0.508 e. The summed E-state index contributed by atoms with van der Waals surface area (Å²) in [5.41, 5.74) is 6.94. The Morgan fingerprint density at radius 1 is 1.06 bits per heavy atom. The van der Waals surface area contributed by atoms with E-state index in [2.05, 4.69) is 0 Å². The molecule has 1 unspecified atom stereocenters. The second kappa shape index (κ2) is 6.07. The summed E-state index contributed by atoms with van der Waals surface area (Å²) < 4.78 is 5.65. The highest BCUT2D eigenvalue weighted by Gasteiger charge is 2.10. The summed E-state index contributed by atoms with van der Waals surface area (Å²) >= 11 is 0. The predicted octanol–water partition coefficient (Wildman–Crippen LogP) is 2.51. The number of aromatic hydroxyl groups is 1. The molecule has 3 N–H and O–H groups in total. The first-order chi connectivity index (χ1) is 8.79. The molecule has 0 spiro atoms. The fraction of sp³-hybridized carbons (Fsp3) is 0.200. The third-order valence-electron chi connectivity index (χ3n) is 2.82. The van der Waals surface area contributed by atoms with E-state index in [1.165, 1.54) is 5.56 Å². The zero-order valence-electron chi connectivity index (χ0n) is 10.1. The van der Waals surface area contributed by atoms with Crippen molar-refractivity contribution in [2.45, 2.75) is 5.92 Å². The van der Waals surface area contributed by atoms with Gasteiger partial charge in [0.1, 0.15) is 11.5 Å². The van der Waals surface area contributed by atoms with E-state index in [9.17, 15) is 5.11 Å². The standard InChI is InChI=1S/C15H17NO2/c16-10-13(12-5-2-1-3-6-12)11-18-15-8-4-7-14(17)9-15/h1-9,13,17H,10-11,16H2. The van der Waals surface area contributed by atoms with Crippen molar-refractivity contribution in [1.29, 1.82) is 0 Å². The van der Waals surface area contributed by atoms with Gasteiger partial charge in [0.05, 0.1) is 6.61 Å². The minimum Gasteiger partial charge on any atom is -0.508 e. The highest BCUT2D eigenvalue weighted by Crippen LogP contribution is 2.20. The van der Waals surface area contributed by atoms with Crippen LogP contribution in [0.2, 0.25) is 0 Å². The van der Waals surface area contributed by atoms with Gasteiger partial charge in [-0.05, 0) is 17.7 Å². The van der Waals surface area contributed by atoms with Crippen LogP contribution in [0.25, 0.3) is 0 Å². The molecule has 0 saturated carbocycles. The molecular formula is C15H17NO2. The summed E-state index contributed by atoms with van der Waals surface area (Å²) in [4.78, 5) is 0. The van der Waals surface area contributed by atoms with Gasteiger partial charge in [0.15, 0.2) is 0 Å². The Kier molecular flexibility index (Phi) is 4.20. The number of rotatable bonds is 5. The fourth-order valence-corrected chi connectivity index (χ4v) is 1.80. The maximum absolute atomic E-state index is 9.35. The van der Waals surface area contributed by atoms with E-state index in [1.54, 1.807) is 18.2 Å². The van der Waals surface area contributed by atoms with Crippen molar-refractivity contribution in [1.82, 2.24) is 0 Å². The molecule has 0 radical (unpaired) electrons. The number of ether oxygens (including phenoxy) is 1. The van der Waals surface area contributed by atoms with Crippen molar-refractivity contribution in [2.75, 3.05) is 13.2 Å². The van der Waals surface area contributed by atoms with Crippen LogP contribution in [0.15, 0.2) is 54.6 Å². The SMILES string of the molecule is NCC(COc1cccc(O)c1)c1ccccc1. The molecular weight excluding hydrogens is 226 g/mol. The highest BCUT2D eigenvalue weighted by molar-refractivity contribution is 5.32. The maximum Gasteiger partial charge on any atom is 0.123 e. The van der Waals surface area contributed by atoms with E-state index in [-0.39, 0.29) is 11.7 Å². The van der Waals surface area contributed by atoms with Crippen LogP contribution in [0.1, 0.15) is 11.5 Å². The summed E-state index contributed by atoms with van der Waals surface area (Å²) in [6.07, 6.45) is 0. The van der Waals surface area contributed by atoms with Crippen molar-refractivity contribution in [2.24, 2.45) is 5.73 Å². The summed E-state index contributed by atoms with van der Waals surface area (Å²) in [5, 5.41) is 9.35. The average molecular weight is 243 g/mol. The third kappa shape index (κ3) is 3.25. The first-order valence-electron chi connectivity index (χ1n) is 5.96. The lowest BCUT2D eigenvalue weighted by atomic mass is 10.0. The second-order valence-corrected chi connectivity index (χ2v) is 4.15. The molecule has 0 heterocycles. The van der Waals surface area contributed by atoms with Crippen LogP contribution in [0, 0.1) is 0 Å². The maximum atomic E-state index is 9.35. The Morgan fingerprint density at radius 2 is 1.83 bits per heavy atom. The molecule has 0 saturated heterocycles. The van der Waals surface area contributed by atoms with Crippen LogP contribution < -0.4 is 10.5 Å². The first kappa shape index (κ1) is 12.5.